The van der Waals surface area contributed by atoms with E-state index in [-0.39, 0.29) is 24.3 Å². The van der Waals surface area contributed by atoms with Gasteiger partial charge in [-0.2, -0.15) is 0 Å². The fourth-order valence-corrected chi connectivity index (χ4v) is 4.19. The van der Waals surface area contributed by atoms with Gasteiger partial charge >= 0.3 is 0 Å². The van der Waals surface area contributed by atoms with Crippen LogP contribution in [0.2, 0.25) is 0 Å². The van der Waals surface area contributed by atoms with E-state index in [9.17, 15) is 9.59 Å². The number of carbonyl (C=O) groups is 2. The van der Waals surface area contributed by atoms with Gasteiger partial charge in [0.1, 0.15) is 16.9 Å². The number of rotatable bonds is 5. The maximum Gasteiger partial charge on any atom is 0.260 e. The Labute approximate surface area is 185 Å². The number of anilines is 1. The van der Waals surface area contributed by atoms with Crippen LogP contribution in [-0.4, -0.2) is 36.4 Å². The summed E-state index contributed by atoms with van der Waals surface area (Å²) >= 11 is 0. The van der Waals surface area contributed by atoms with Gasteiger partial charge in [-0.1, -0.05) is 36.4 Å². The van der Waals surface area contributed by atoms with Crippen LogP contribution in [0.4, 0.5) is 5.69 Å². The molecule has 32 heavy (non-hydrogen) atoms. The van der Waals surface area contributed by atoms with Crippen molar-refractivity contribution in [2.45, 2.75) is 12.8 Å². The summed E-state index contributed by atoms with van der Waals surface area (Å²) in [5.74, 6) is 0.480. The predicted octanol–water partition coefficient (Wildman–Crippen LogP) is 4.84. The monoisotopic (exact) mass is 428 g/mol. The van der Waals surface area contributed by atoms with Gasteiger partial charge in [-0.15, -0.1) is 0 Å². The van der Waals surface area contributed by atoms with E-state index < -0.39 is 0 Å². The van der Waals surface area contributed by atoms with Crippen LogP contribution in [0.25, 0.3) is 21.9 Å². The molecule has 6 heteroatoms. The molecule has 3 aromatic carbocycles. The molecule has 1 fully saturated rings. The number of nitrogens with zero attached hydrogens (tertiary/aromatic N) is 1. The van der Waals surface area contributed by atoms with Crippen molar-refractivity contribution in [2.24, 2.45) is 5.92 Å². The van der Waals surface area contributed by atoms with Crippen LogP contribution < -0.4 is 10.1 Å². The lowest BCUT2D eigenvalue weighted by Crippen LogP contribution is -2.43. The molecule has 162 valence electrons. The van der Waals surface area contributed by atoms with Crippen LogP contribution in [0.5, 0.6) is 5.75 Å². The number of carbonyl (C=O) groups excluding carboxylic acids is 2. The average Bonchev–Trinajstić information content (AvgIpc) is 3.21. The molecule has 0 spiro atoms. The highest BCUT2D eigenvalue weighted by Crippen LogP contribution is 2.30. The molecule has 6 nitrogen and oxygen atoms in total. The molecule has 1 aromatic heterocycles. The van der Waals surface area contributed by atoms with Crippen LogP contribution in [0.1, 0.15) is 12.8 Å². The third kappa shape index (κ3) is 4.17. The number of piperidine rings is 1. The standard InChI is InChI=1S/C26H24N2O4/c29-25(17-31-20-6-2-1-3-7-20)28-14-12-18(13-15-28)26(30)27-19-10-11-22-21-8-4-5-9-23(21)32-24(22)16-19/h1-11,16,18H,12-15,17H2,(H,27,30). The first-order valence-corrected chi connectivity index (χ1v) is 10.9. The number of amides is 2. The lowest BCUT2D eigenvalue weighted by molar-refractivity contribution is -0.136. The number of hydrogen-bond acceptors (Lipinski definition) is 4. The summed E-state index contributed by atoms with van der Waals surface area (Å²) in [6.07, 6.45) is 1.27. The van der Waals surface area contributed by atoms with E-state index in [1.807, 2.05) is 72.8 Å². The third-order valence-corrected chi connectivity index (χ3v) is 5.97. The third-order valence-electron chi connectivity index (χ3n) is 5.97. The largest absolute Gasteiger partial charge is 0.484 e. The van der Waals surface area contributed by atoms with E-state index in [4.69, 9.17) is 9.15 Å². The van der Waals surface area contributed by atoms with Crippen molar-refractivity contribution in [3.63, 3.8) is 0 Å². The highest BCUT2D eigenvalue weighted by Gasteiger charge is 2.27. The average molecular weight is 428 g/mol. The molecule has 0 atom stereocenters. The molecule has 4 aromatic rings. The minimum absolute atomic E-state index is 0.0123. The molecule has 0 saturated carbocycles. The highest BCUT2D eigenvalue weighted by molar-refractivity contribution is 6.06. The number of furan rings is 1. The number of fused-ring (bicyclic) bond motifs is 3. The SMILES string of the molecule is O=C(Nc1ccc2c(c1)oc1ccccc12)C1CCN(C(=O)COc2ccccc2)CC1. The summed E-state index contributed by atoms with van der Waals surface area (Å²) in [6.45, 7) is 1.12. The molecule has 1 aliphatic heterocycles. The van der Waals surface area contributed by atoms with E-state index in [0.29, 0.717) is 31.7 Å². The van der Waals surface area contributed by atoms with E-state index in [0.717, 1.165) is 27.6 Å². The Morgan fingerprint density at radius 3 is 2.44 bits per heavy atom. The summed E-state index contributed by atoms with van der Waals surface area (Å²) in [5, 5.41) is 5.11. The van der Waals surface area contributed by atoms with Crippen molar-refractivity contribution < 1.29 is 18.7 Å². The van der Waals surface area contributed by atoms with Gasteiger partial charge in [0.05, 0.1) is 0 Å². The van der Waals surface area contributed by atoms with Crippen molar-refractivity contribution in [1.29, 1.82) is 0 Å². The molecule has 0 bridgehead atoms. The van der Waals surface area contributed by atoms with Gasteiger partial charge in [0.15, 0.2) is 6.61 Å². The van der Waals surface area contributed by atoms with Crippen LogP contribution in [0, 0.1) is 5.92 Å². The molecule has 0 aliphatic carbocycles. The Balaban J connectivity index is 1.16. The molecule has 1 aliphatic rings. The van der Waals surface area contributed by atoms with Gasteiger partial charge in [0.25, 0.3) is 5.91 Å². The normalized spacial score (nSPS) is 14.6. The molecule has 2 amide bonds. The predicted molar refractivity (Wildman–Crippen MR) is 124 cm³/mol. The van der Waals surface area contributed by atoms with Crippen molar-refractivity contribution in [3.8, 4) is 5.75 Å². The fraction of sp³-hybridized carbons (Fsp3) is 0.231. The van der Waals surface area contributed by atoms with E-state index in [1.54, 1.807) is 4.90 Å². The molecule has 5 rings (SSSR count). The number of benzene rings is 3. The zero-order chi connectivity index (χ0) is 21.9. The fourth-order valence-electron chi connectivity index (χ4n) is 4.19. The number of hydrogen-bond donors (Lipinski definition) is 1. The molecule has 1 N–H and O–H groups in total. The highest BCUT2D eigenvalue weighted by atomic mass is 16.5. The second-order valence-electron chi connectivity index (χ2n) is 8.06. The van der Waals surface area contributed by atoms with Crippen molar-refractivity contribution in [1.82, 2.24) is 4.90 Å². The van der Waals surface area contributed by atoms with Gasteiger partial charge < -0.3 is 19.4 Å². The summed E-state index contributed by atoms with van der Waals surface area (Å²) in [5.41, 5.74) is 2.30. The summed E-state index contributed by atoms with van der Waals surface area (Å²) < 4.78 is 11.5. The van der Waals surface area contributed by atoms with Gasteiger partial charge in [-0.25, -0.2) is 0 Å². The van der Waals surface area contributed by atoms with Crippen LogP contribution >= 0.6 is 0 Å². The number of likely N-dealkylation sites (tertiary alicyclic amines) is 1. The Morgan fingerprint density at radius 2 is 1.62 bits per heavy atom. The first kappa shape index (κ1) is 20.1. The smallest absolute Gasteiger partial charge is 0.260 e. The summed E-state index contributed by atoms with van der Waals surface area (Å²) in [4.78, 5) is 27.0. The molecular formula is C26H24N2O4. The van der Waals surface area contributed by atoms with Gasteiger partial charge in [-0.3, -0.25) is 9.59 Å². The van der Waals surface area contributed by atoms with Gasteiger partial charge in [0.2, 0.25) is 5.91 Å². The summed E-state index contributed by atoms with van der Waals surface area (Å²) in [7, 11) is 0. The van der Waals surface area contributed by atoms with Crippen LogP contribution in [0.15, 0.2) is 77.2 Å². The van der Waals surface area contributed by atoms with Crippen molar-refractivity contribution in [2.75, 3.05) is 25.0 Å². The lowest BCUT2D eigenvalue weighted by Gasteiger charge is -2.31. The van der Waals surface area contributed by atoms with E-state index in [1.165, 1.54) is 0 Å². The number of ether oxygens (including phenoxy) is 1. The minimum Gasteiger partial charge on any atom is -0.484 e. The zero-order valence-electron chi connectivity index (χ0n) is 17.6. The number of para-hydroxylation sites is 2. The van der Waals surface area contributed by atoms with Crippen LogP contribution in [-0.2, 0) is 9.59 Å². The van der Waals surface area contributed by atoms with Gasteiger partial charge in [0, 0.05) is 41.5 Å². The second-order valence-corrected chi connectivity index (χ2v) is 8.06. The first-order chi connectivity index (χ1) is 15.7. The second kappa shape index (κ2) is 8.75. The zero-order valence-corrected chi connectivity index (χ0v) is 17.6. The first-order valence-electron chi connectivity index (χ1n) is 10.9. The van der Waals surface area contributed by atoms with Crippen molar-refractivity contribution >= 4 is 39.4 Å². The lowest BCUT2D eigenvalue weighted by atomic mass is 9.95. The van der Waals surface area contributed by atoms with Gasteiger partial charge in [-0.05, 0) is 43.2 Å². The van der Waals surface area contributed by atoms with E-state index >= 15 is 0 Å². The Kier molecular flexibility index (Phi) is 5.50. The molecule has 1 saturated heterocycles. The molecule has 2 heterocycles. The molecular weight excluding hydrogens is 404 g/mol. The molecule has 0 unspecified atom stereocenters. The topological polar surface area (TPSA) is 71.8 Å². The maximum absolute atomic E-state index is 12.8. The molecule has 0 radical (unpaired) electrons. The number of nitrogens with one attached hydrogen (secondary N) is 1. The van der Waals surface area contributed by atoms with Crippen LogP contribution in [0.3, 0.4) is 0 Å². The maximum atomic E-state index is 12.8. The minimum atomic E-state index is -0.125. The quantitative estimate of drug-likeness (QED) is 0.494. The Morgan fingerprint density at radius 1 is 0.906 bits per heavy atom. The van der Waals surface area contributed by atoms with E-state index in [2.05, 4.69) is 5.32 Å². The van der Waals surface area contributed by atoms with Crippen molar-refractivity contribution in [3.05, 3.63) is 72.8 Å². The summed E-state index contributed by atoms with van der Waals surface area (Å²) in [6, 6.07) is 22.9. The Hall–Kier alpha value is -3.80. The Bertz CT molecular complexity index is 1260.